The molecule has 1 fully saturated rings. The summed E-state index contributed by atoms with van der Waals surface area (Å²) >= 11 is 0. The van der Waals surface area contributed by atoms with E-state index < -0.39 is 35.4 Å². The van der Waals surface area contributed by atoms with E-state index >= 15 is 0 Å². The number of aliphatic hydroxyl groups is 1. The molecule has 11 heteroatoms. The molecule has 3 heterocycles. The van der Waals surface area contributed by atoms with Crippen molar-refractivity contribution in [3.63, 3.8) is 0 Å². The third-order valence-corrected chi connectivity index (χ3v) is 4.66. The minimum Gasteiger partial charge on any atom is -0.391 e. The number of hydrogen-bond donors (Lipinski definition) is 2. The number of nitrogens with one attached hydrogen (secondary N) is 1. The Morgan fingerprint density at radius 3 is 2.66 bits per heavy atom. The van der Waals surface area contributed by atoms with Gasteiger partial charge in [0.15, 0.2) is 23.3 Å². The van der Waals surface area contributed by atoms with Gasteiger partial charge >= 0.3 is 0 Å². The molecule has 0 radical (unpaired) electrons. The monoisotopic (exact) mass is 404 g/mol. The van der Waals surface area contributed by atoms with Gasteiger partial charge in [-0.2, -0.15) is 15.2 Å². The van der Waals surface area contributed by atoms with Gasteiger partial charge < -0.3 is 5.11 Å². The molecule has 1 saturated heterocycles. The molecular weight excluding hydrogens is 389 g/mol. The van der Waals surface area contributed by atoms with Crippen molar-refractivity contribution in [2.24, 2.45) is 5.92 Å². The molecular formula is C18H15F3N6O2. The van der Waals surface area contributed by atoms with E-state index in [2.05, 4.69) is 25.4 Å². The van der Waals surface area contributed by atoms with Crippen LogP contribution in [0.25, 0.3) is 11.4 Å². The number of piperidine rings is 1. The molecule has 0 saturated carbocycles. The van der Waals surface area contributed by atoms with Crippen molar-refractivity contribution in [3.05, 3.63) is 53.6 Å². The molecule has 0 bridgehead atoms. The lowest BCUT2D eigenvalue weighted by Gasteiger charge is -2.33. The molecule has 3 aromatic rings. The van der Waals surface area contributed by atoms with E-state index in [9.17, 15) is 23.1 Å². The standard InChI is InChI=1S/C18H15F3N6O2/c19-13-4-9(5-14(20)15(13)21)3-11-6-12(28)8-27(17(11)29)18-24-16(25-26-18)10-1-2-22-23-7-10/h1-2,4-5,7,11-12,28H,3,6,8H2,(H,24,25,26). The maximum atomic E-state index is 13.5. The Hall–Kier alpha value is -3.34. The number of halogens is 3. The van der Waals surface area contributed by atoms with Crippen molar-refractivity contribution in [3.8, 4) is 11.4 Å². The molecule has 0 spiro atoms. The summed E-state index contributed by atoms with van der Waals surface area (Å²) in [4.78, 5) is 18.4. The highest BCUT2D eigenvalue weighted by Gasteiger charge is 2.36. The number of aromatic amines is 1. The summed E-state index contributed by atoms with van der Waals surface area (Å²) in [7, 11) is 0. The lowest BCUT2D eigenvalue weighted by molar-refractivity contribution is -0.125. The maximum absolute atomic E-state index is 13.5. The number of nitrogens with zero attached hydrogens (tertiary/aromatic N) is 5. The van der Waals surface area contributed by atoms with Gasteiger partial charge in [0.2, 0.25) is 5.91 Å². The van der Waals surface area contributed by atoms with Crippen LogP contribution in [0.5, 0.6) is 0 Å². The van der Waals surface area contributed by atoms with Crippen molar-refractivity contribution < 1.29 is 23.1 Å². The lowest BCUT2D eigenvalue weighted by Crippen LogP contribution is -2.49. The molecule has 1 aliphatic rings. The normalized spacial score (nSPS) is 19.6. The Morgan fingerprint density at radius 2 is 1.97 bits per heavy atom. The Balaban J connectivity index is 1.57. The number of β-amino-alcohol motifs (C(OH)–C–C–N with tert-alkyl or cyclic N) is 1. The topological polar surface area (TPSA) is 108 Å². The van der Waals surface area contributed by atoms with E-state index in [1.165, 1.54) is 17.3 Å². The molecule has 29 heavy (non-hydrogen) atoms. The van der Waals surface area contributed by atoms with Crippen LogP contribution in [0.2, 0.25) is 0 Å². The first kappa shape index (κ1) is 19.0. The second-order valence-corrected chi connectivity index (χ2v) is 6.73. The summed E-state index contributed by atoms with van der Waals surface area (Å²) in [6.07, 6.45) is 2.10. The van der Waals surface area contributed by atoms with Gasteiger partial charge in [0.05, 0.1) is 25.0 Å². The third-order valence-electron chi connectivity index (χ3n) is 4.66. The summed E-state index contributed by atoms with van der Waals surface area (Å²) in [5.41, 5.74) is 0.727. The highest BCUT2D eigenvalue weighted by Crippen LogP contribution is 2.27. The SMILES string of the molecule is O=C1C(Cc2cc(F)c(F)c(F)c2)CC(O)CN1c1n[nH]c(-c2ccnnc2)n1. The Kier molecular flexibility index (Phi) is 4.97. The van der Waals surface area contributed by atoms with Gasteiger partial charge in [-0.1, -0.05) is 0 Å². The van der Waals surface area contributed by atoms with E-state index in [0.717, 1.165) is 12.1 Å². The van der Waals surface area contributed by atoms with E-state index in [1.54, 1.807) is 6.07 Å². The summed E-state index contributed by atoms with van der Waals surface area (Å²) < 4.78 is 40.1. The summed E-state index contributed by atoms with van der Waals surface area (Å²) in [6.45, 7) is -0.0205. The molecule has 1 amide bonds. The molecule has 150 valence electrons. The van der Waals surface area contributed by atoms with Crippen LogP contribution in [-0.4, -0.2) is 49.0 Å². The smallest absolute Gasteiger partial charge is 0.251 e. The minimum atomic E-state index is -1.57. The summed E-state index contributed by atoms with van der Waals surface area (Å²) in [5, 5.41) is 24.3. The quantitative estimate of drug-likeness (QED) is 0.640. The molecule has 2 atom stereocenters. The van der Waals surface area contributed by atoms with Crippen LogP contribution in [0.1, 0.15) is 12.0 Å². The van der Waals surface area contributed by atoms with E-state index in [-0.39, 0.29) is 30.9 Å². The van der Waals surface area contributed by atoms with Crippen LogP contribution in [0.3, 0.4) is 0 Å². The zero-order chi connectivity index (χ0) is 20.5. The number of H-pyrrole nitrogens is 1. The number of anilines is 1. The van der Waals surface area contributed by atoms with Crippen molar-refractivity contribution in [1.29, 1.82) is 0 Å². The number of carbonyl (C=O) groups excluding carboxylic acids is 1. The van der Waals surface area contributed by atoms with Gasteiger partial charge in [-0.25, -0.2) is 13.2 Å². The Labute approximate surface area is 162 Å². The van der Waals surface area contributed by atoms with Gasteiger partial charge in [0, 0.05) is 11.5 Å². The lowest BCUT2D eigenvalue weighted by atomic mass is 9.89. The number of rotatable bonds is 4. The van der Waals surface area contributed by atoms with Crippen molar-refractivity contribution in [2.75, 3.05) is 11.4 Å². The van der Waals surface area contributed by atoms with Crippen molar-refractivity contribution in [1.82, 2.24) is 25.4 Å². The van der Waals surface area contributed by atoms with Crippen LogP contribution in [0.15, 0.2) is 30.6 Å². The number of aliphatic hydroxyl groups excluding tert-OH is 1. The third kappa shape index (κ3) is 3.81. The van der Waals surface area contributed by atoms with Gasteiger partial charge in [0.25, 0.3) is 5.95 Å². The van der Waals surface area contributed by atoms with Crippen LogP contribution in [0, 0.1) is 23.4 Å². The molecule has 4 rings (SSSR count). The first-order valence-corrected chi connectivity index (χ1v) is 8.74. The van der Waals surface area contributed by atoms with Gasteiger partial charge in [-0.15, -0.1) is 5.10 Å². The summed E-state index contributed by atoms with van der Waals surface area (Å²) in [6, 6.07) is 3.35. The van der Waals surface area contributed by atoms with Crippen LogP contribution < -0.4 is 4.90 Å². The molecule has 1 aromatic carbocycles. The minimum absolute atomic E-state index is 0.0205. The van der Waals surface area contributed by atoms with E-state index in [0.29, 0.717) is 11.4 Å². The highest BCUT2D eigenvalue weighted by molar-refractivity contribution is 5.94. The second kappa shape index (κ2) is 7.59. The van der Waals surface area contributed by atoms with Crippen LogP contribution >= 0.6 is 0 Å². The first-order valence-electron chi connectivity index (χ1n) is 8.74. The van der Waals surface area contributed by atoms with E-state index in [1.807, 2.05) is 0 Å². The predicted octanol–water partition coefficient (Wildman–Crippen LogP) is 1.64. The van der Waals surface area contributed by atoms with Gasteiger partial charge in [-0.3, -0.25) is 14.8 Å². The fourth-order valence-corrected chi connectivity index (χ4v) is 3.32. The van der Waals surface area contributed by atoms with Crippen molar-refractivity contribution >= 4 is 11.9 Å². The Bertz CT molecular complexity index is 1020. The largest absolute Gasteiger partial charge is 0.391 e. The number of hydrogen-bond acceptors (Lipinski definition) is 6. The van der Waals surface area contributed by atoms with Gasteiger partial charge in [-0.05, 0) is 36.6 Å². The molecule has 2 N–H and O–H groups in total. The fraction of sp³-hybridized carbons (Fsp3) is 0.278. The number of aromatic nitrogens is 5. The maximum Gasteiger partial charge on any atom is 0.251 e. The Morgan fingerprint density at radius 1 is 1.21 bits per heavy atom. The zero-order valence-electron chi connectivity index (χ0n) is 14.9. The van der Waals surface area contributed by atoms with Crippen LogP contribution in [0.4, 0.5) is 19.1 Å². The average molecular weight is 404 g/mol. The van der Waals surface area contributed by atoms with Gasteiger partial charge in [0.1, 0.15) is 0 Å². The number of benzene rings is 1. The molecule has 1 aliphatic heterocycles. The zero-order valence-corrected chi connectivity index (χ0v) is 14.9. The second-order valence-electron chi connectivity index (χ2n) is 6.73. The first-order chi connectivity index (χ1) is 13.9. The molecule has 2 unspecified atom stereocenters. The summed E-state index contributed by atoms with van der Waals surface area (Å²) in [5.74, 6) is -4.98. The average Bonchev–Trinajstić information content (AvgIpc) is 3.19. The molecule has 8 nitrogen and oxygen atoms in total. The molecule has 0 aliphatic carbocycles. The molecule has 2 aromatic heterocycles. The fourth-order valence-electron chi connectivity index (χ4n) is 3.32. The van der Waals surface area contributed by atoms with E-state index in [4.69, 9.17) is 0 Å². The predicted molar refractivity (Wildman–Crippen MR) is 93.9 cm³/mol. The van der Waals surface area contributed by atoms with Crippen molar-refractivity contribution in [2.45, 2.75) is 18.9 Å². The highest BCUT2D eigenvalue weighted by atomic mass is 19.2. The number of carbonyl (C=O) groups is 1. The number of amides is 1. The van der Waals surface area contributed by atoms with Crippen LogP contribution in [-0.2, 0) is 11.2 Å².